The van der Waals surface area contributed by atoms with Gasteiger partial charge in [-0.25, -0.2) is 4.79 Å². The fraction of sp³-hybridized carbons (Fsp3) is 0.273. The second kappa shape index (κ2) is 8.82. The molecule has 0 atom stereocenters. The Morgan fingerprint density at radius 2 is 1.90 bits per heavy atom. The highest BCUT2D eigenvalue weighted by Gasteiger charge is 2.34. The largest absolute Gasteiger partial charge is 0.462 e. The van der Waals surface area contributed by atoms with E-state index in [1.807, 2.05) is 37.4 Å². The fourth-order valence-electron chi connectivity index (χ4n) is 3.31. The summed E-state index contributed by atoms with van der Waals surface area (Å²) >= 11 is 14.0. The zero-order valence-electron chi connectivity index (χ0n) is 15.9. The second-order valence-corrected chi connectivity index (χ2v) is 8.88. The smallest absolute Gasteiger partial charge is 0.340 e. The molecule has 4 nitrogen and oxygen atoms in total. The number of rotatable bonds is 7. The fourth-order valence-corrected chi connectivity index (χ4v) is 5.18. The first-order chi connectivity index (χ1) is 14.0. The minimum atomic E-state index is -0.270. The number of ether oxygens (including phenoxy) is 1. The van der Waals surface area contributed by atoms with E-state index in [0.717, 1.165) is 33.9 Å². The van der Waals surface area contributed by atoms with Crippen LogP contribution in [0.1, 0.15) is 47.2 Å². The van der Waals surface area contributed by atoms with Crippen LogP contribution in [0.4, 0.5) is 0 Å². The van der Waals surface area contributed by atoms with Gasteiger partial charge in [-0.05, 0) is 61.6 Å². The van der Waals surface area contributed by atoms with Crippen LogP contribution >= 0.6 is 35.0 Å². The molecule has 150 valence electrons. The third-order valence-electron chi connectivity index (χ3n) is 4.70. The van der Waals surface area contributed by atoms with Gasteiger partial charge in [-0.15, -0.1) is 0 Å². The Bertz CT molecular complexity index is 1010. The van der Waals surface area contributed by atoms with E-state index in [2.05, 4.69) is 9.55 Å². The molecule has 0 aliphatic heterocycles. The summed E-state index contributed by atoms with van der Waals surface area (Å²) < 4.78 is 7.46. The highest BCUT2D eigenvalue weighted by atomic mass is 35.5. The Kier molecular flexibility index (Phi) is 6.18. The van der Waals surface area contributed by atoms with Gasteiger partial charge in [0.1, 0.15) is 0 Å². The minimum absolute atomic E-state index is 0.270. The van der Waals surface area contributed by atoms with Crippen LogP contribution in [0.5, 0.6) is 0 Å². The number of hydrogen-bond acceptors (Lipinski definition) is 4. The number of esters is 1. The van der Waals surface area contributed by atoms with Crippen LogP contribution in [0.3, 0.4) is 0 Å². The topological polar surface area (TPSA) is 44.1 Å². The van der Waals surface area contributed by atoms with Crippen molar-refractivity contribution in [2.75, 3.05) is 6.61 Å². The summed E-state index contributed by atoms with van der Waals surface area (Å²) in [6, 6.07) is 9.46. The lowest BCUT2D eigenvalue weighted by Crippen LogP contribution is -2.06. The number of nitrogens with zero attached hydrogens (tertiary/aromatic N) is 2. The Morgan fingerprint density at radius 3 is 2.52 bits per heavy atom. The molecule has 1 aliphatic rings. The lowest BCUT2D eigenvalue weighted by Gasteiger charge is -2.12. The van der Waals surface area contributed by atoms with Gasteiger partial charge in [0, 0.05) is 45.6 Å². The van der Waals surface area contributed by atoms with E-state index < -0.39 is 0 Å². The lowest BCUT2D eigenvalue weighted by atomic mass is 10.1. The predicted octanol–water partition coefficient (Wildman–Crippen LogP) is 6.44. The zero-order chi connectivity index (χ0) is 20.4. The van der Waals surface area contributed by atoms with Crippen molar-refractivity contribution in [3.63, 3.8) is 0 Å². The highest BCUT2D eigenvalue weighted by molar-refractivity contribution is 7.99. The monoisotopic (exact) mass is 446 g/mol. The van der Waals surface area contributed by atoms with E-state index >= 15 is 0 Å². The van der Waals surface area contributed by atoms with E-state index in [0.29, 0.717) is 34.7 Å². The Balaban J connectivity index is 1.79. The van der Waals surface area contributed by atoms with Crippen LogP contribution in [0, 0.1) is 0 Å². The van der Waals surface area contributed by atoms with Crippen LogP contribution in [0.25, 0.3) is 0 Å². The molecule has 2 heterocycles. The van der Waals surface area contributed by atoms with Crippen LogP contribution < -0.4 is 0 Å². The summed E-state index contributed by atoms with van der Waals surface area (Å²) in [4.78, 5) is 17.7. The van der Waals surface area contributed by atoms with E-state index in [9.17, 15) is 4.79 Å². The maximum absolute atomic E-state index is 12.7. The maximum atomic E-state index is 12.7. The maximum Gasteiger partial charge on any atom is 0.340 e. The first-order valence-corrected chi connectivity index (χ1v) is 11.1. The third-order valence-corrected chi connectivity index (χ3v) is 6.26. The van der Waals surface area contributed by atoms with Crippen molar-refractivity contribution in [2.45, 2.75) is 42.1 Å². The van der Waals surface area contributed by atoms with Crippen LogP contribution in [0.15, 0.2) is 58.8 Å². The van der Waals surface area contributed by atoms with Gasteiger partial charge in [-0.2, -0.15) is 0 Å². The van der Waals surface area contributed by atoms with E-state index in [-0.39, 0.29) is 5.97 Å². The number of carbonyl (C=O) groups is 1. The molecule has 0 saturated heterocycles. The van der Waals surface area contributed by atoms with Crippen LogP contribution in [-0.4, -0.2) is 22.1 Å². The van der Waals surface area contributed by atoms with Crippen LogP contribution in [0.2, 0.25) is 10.0 Å². The molecule has 4 rings (SSSR count). The average molecular weight is 447 g/mol. The van der Waals surface area contributed by atoms with E-state index in [1.54, 1.807) is 30.2 Å². The van der Waals surface area contributed by atoms with E-state index in [1.165, 1.54) is 0 Å². The first kappa shape index (κ1) is 20.3. The zero-order valence-corrected chi connectivity index (χ0v) is 18.2. The summed E-state index contributed by atoms with van der Waals surface area (Å²) in [6.07, 6.45) is 7.62. The van der Waals surface area contributed by atoms with Crippen molar-refractivity contribution in [3.8, 4) is 0 Å². The molecule has 0 N–H and O–H groups in total. The highest BCUT2D eigenvalue weighted by Crippen LogP contribution is 2.48. The number of benzene rings is 1. The molecule has 1 aromatic carbocycles. The minimum Gasteiger partial charge on any atom is -0.462 e. The summed E-state index contributed by atoms with van der Waals surface area (Å²) in [5, 5.41) is 2.21. The molecule has 0 amide bonds. The SMILES string of the molecule is CCOC(=O)c1cn(Cc2ccncc2)c(Sc2cc(Cl)cc(Cl)c2)c1C1CC1. The third kappa shape index (κ3) is 4.80. The van der Waals surface area contributed by atoms with Crippen molar-refractivity contribution in [1.82, 2.24) is 9.55 Å². The molecule has 1 saturated carbocycles. The lowest BCUT2D eigenvalue weighted by molar-refractivity contribution is 0.0525. The van der Waals surface area contributed by atoms with Gasteiger partial charge in [-0.3, -0.25) is 4.98 Å². The Labute approximate surface area is 184 Å². The van der Waals surface area contributed by atoms with Gasteiger partial charge in [-0.1, -0.05) is 35.0 Å². The molecule has 1 fully saturated rings. The number of aromatic nitrogens is 2. The average Bonchev–Trinajstić information content (AvgIpc) is 3.46. The van der Waals surface area contributed by atoms with Crippen molar-refractivity contribution in [3.05, 3.63) is 75.7 Å². The molecule has 0 unspecified atom stereocenters. The second-order valence-electron chi connectivity index (χ2n) is 6.95. The van der Waals surface area contributed by atoms with Crippen molar-refractivity contribution in [2.24, 2.45) is 0 Å². The molecule has 0 radical (unpaired) electrons. The van der Waals surface area contributed by atoms with E-state index in [4.69, 9.17) is 27.9 Å². The van der Waals surface area contributed by atoms with Crippen molar-refractivity contribution in [1.29, 1.82) is 0 Å². The molecule has 0 spiro atoms. The summed E-state index contributed by atoms with van der Waals surface area (Å²) in [7, 11) is 0. The number of carbonyl (C=O) groups excluding carboxylic acids is 1. The molecule has 0 bridgehead atoms. The first-order valence-electron chi connectivity index (χ1n) is 9.48. The molecular weight excluding hydrogens is 427 g/mol. The standard InChI is InChI=1S/C22H20Cl2N2O2S/c1-2-28-22(27)19-13-26(12-14-5-7-25-8-6-14)21(20(19)15-3-4-15)29-18-10-16(23)9-17(24)11-18/h5-11,13,15H,2-4,12H2,1H3. The van der Waals surface area contributed by atoms with Gasteiger partial charge in [0.2, 0.25) is 0 Å². The number of hydrogen-bond donors (Lipinski definition) is 0. The van der Waals surface area contributed by atoms with Crippen molar-refractivity contribution >= 4 is 40.9 Å². The molecule has 7 heteroatoms. The van der Waals surface area contributed by atoms with Crippen molar-refractivity contribution < 1.29 is 9.53 Å². The molecule has 2 aromatic heterocycles. The van der Waals surface area contributed by atoms with Gasteiger partial charge >= 0.3 is 5.97 Å². The molecule has 29 heavy (non-hydrogen) atoms. The molecule has 1 aliphatic carbocycles. The van der Waals surface area contributed by atoms with Gasteiger partial charge < -0.3 is 9.30 Å². The Hall–Kier alpha value is -1.95. The molecule has 3 aromatic rings. The number of pyridine rings is 1. The summed E-state index contributed by atoms with van der Waals surface area (Å²) in [6.45, 7) is 2.81. The predicted molar refractivity (Wildman–Crippen MR) is 116 cm³/mol. The van der Waals surface area contributed by atoms with Gasteiger partial charge in [0.15, 0.2) is 0 Å². The Morgan fingerprint density at radius 1 is 1.21 bits per heavy atom. The number of halogens is 2. The summed E-state index contributed by atoms with van der Waals surface area (Å²) in [5.74, 6) is 0.110. The quantitative estimate of drug-likeness (QED) is 0.391. The molecular formula is C22H20Cl2N2O2S. The normalized spacial score (nSPS) is 13.5. The summed E-state index contributed by atoms with van der Waals surface area (Å²) in [5.41, 5.74) is 2.83. The van der Waals surface area contributed by atoms with Crippen LogP contribution in [-0.2, 0) is 11.3 Å². The van der Waals surface area contributed by atoms with Gasteiger partial charge in [0.05, 0.1) is 17.2 Å². The van der Waals surface area contributed by atoms with Gasteiger partial charge in [0.25, 0.3) is 0 Å².